The average Bonchev–Trinajstić information content (AvgIpc) is 3.54. The number of hydrogen-bond acceptors (Lipinski definition) is 18. The molecular formula is C32H37N5O14. The number of phenols is 5. The fourth-order valence-corrected chi connectivity index (χ4v) is 5.14. The number of phenolic OH excluding ortho intramolecular Hbond substituents is 5. The molecule has 0 spiro atoms. The van der Waals surface area contributed by atoms with Crippen LogP contribution in [0.3, 0.4) is 0 Å². The van der Waals surface area contributed by atoms with Gasteiger partial charge >= 0.3 is 5.97 Å². The summed E-state index contributed by atoms with van der Waals surface area (Å²) in [5.41, 5.74) is 5.32. The first-order valence-corrected chi connectivity index (χ1v) is 15.6. The van der Waals surface area contributed by atoms with Crippen LogP contribution in [-0.4, -0.2) is 114 Å². The Morgan fingerprint density at radius 1 is 0.824 bits per heavy atom. The molecule has 1 aliphatic rings. The first-order chi connectivity index (χ1) is 24.5. The van der Waals surface area contributed by atoms with E-state index in [2.05, 4.69) is 15.3 Å². The molecular weight excluding hydrogens is 678 g/mol. The molecule has 1 aliphatic heterocycles. The van der Waals surface area contributed by atoms with Gasteiger partial charge in [-0.05, 0) is 12.1 Å². The second-order valence-corrected chi connectivity index (χ2v) is 11.1. The van der Waals surface area contributed by atoms with Crippen LogP contribution in [0.5, 0.6) is 46.3 Å². The molecule has 3 heterocycles. The predicted molar refractivity (Wildman–Crippen MR) is 170 cm³/mol. The van der Waals surface area contributed by atoms with Crippen LogP contribution in [-0.2, 0) is 36.8 Å². The number of pyridine rings is 1. The van der Waals surface area contributed by atoms with Gasteiger partial charge in [0.2, 0.25) is 11.8 Å². The zero-order valence-corrected chi connectivity index (χ0v) is 27.0. The second-order valence-electron chi connectivity index (χ2n) is 11.1. The molecule has 19 heteroatoms. The summed E-state index contributed by atoms with van der Waals surface area (Å²) in [5.74, 6) is -5.70. The normalized spacial score (nSPS) is 16.8. The lowest BCUT2D eigenvalue weighted by molar-refractivity contribution is -0.116. The molecule has 5 rings (SSSR count). The molecule has 4 aromatic rings. The zero-order valence-electron chi connectivity index (χ0n) is 27.0. The van der Waals surface area contributed by atoms with Gasteiger partial charge < -0.3 is 69.9 Å². The van der Waals surface area contributed by atoms with E-state index in [9.17, 15) is 40.5 Å². The molecule has 0 amide bonds. The number of nitrogens with two attached hydrogens (primary N) is 1. The number of aromatic nitrogens is 4. The van der Waals surface area contributed by atoms with Crippen molar-refractivity contribution in [1.29, 1.82) is 0 Å². The minimum absolute atomic E-state index is 0.0145. The maximum absolute atomic E-state index is 13.4. The molecule has 2 aromatic carbocycles. The topological polar surface area (TPSA) is 284 Å². The van der Waals surface area contributed by atoms with E-state index in [-0.39, 0.29) is 34.8 Å². The molecule has 0 aliphatic carbocycles. The van der Waals surface area contributed by atoms with Crippen molar-refractivity contribution in [3.8, 4) is 46.3 Å². The van der Waals surface area contributed by atoms with Crippen molar-refractivity contribution >= 4 is 5.97 Å². The van der Waals surface area contributed by atoms with Crippen LogP contribution in [0.4, 0.5) is 0 Å². The minimum atomic E-state index is -1.53. The molecule has 9 N–H and O–H groups in total. The van der Waals surface area contributed by atoms with Crippen LogP contribution in [0.2, 0.25) is 0 Å². The maximum Gasteiger partial charge on any atom is 0.339 e. The Hall–Kier alpha value is -5.60. The average molecular weight is 716 g/mol. The number of rotatable bonds is 17. The van der Waals surface area contributed by atoms with E-state index in [1.54, 1.807) is 6.20 Å². The lowest BCUT2D eigenvalue weighted by Gasteiger charge is -2.39. The molecule has 19 nitrogen and oxygen atoms in total. The first kappa shape index (κ1) is 36.7. The maximum atomic E-state index is 13.4. The molecule has 51 heavy (non-hydrogen) atoms. The Labute approximate surface area is 289 Å². The summed E-state index contributed by atoms with van der Waals surface area (Å²) in [6.07, 6.45) is -2.73. The number of esters is 1. The van der Waals surface area contributed by atoms with E-state index in [1.807, 2.05) is 0 Å². The van der Waals surface area contributed by atoms with Gasteiger partial charge in [-0.15, -0.1) is 5.10 Å². The lowest BCUT2D eigenvalue weighted by atomic mass is 9.90. The van der Waals surface area contributed by atoms with Crippen LogP contribution in [0, 0.1) is 0 Å². The number of benzene rings is 2. The SMILES string of the molecule is NCCOCCOCCOCCn1cc(COC2c3c(O)cc(O)cc3OC(c3cc(O)c(O)c(O)c3)C2OC(=O)c2cc(O)nc(O)c2)nn1. The summed E-state index contributed by atoms with van der Waals surface area (Å²) in [6, 6.07) is 6.17. The van der Waals surface area contributed by atoms with Crippen molar-refractivity contribution in [2.45, 2.75) is 31.5 Å². The van der Waals surface area contributed by atoms with Gasteiger partial charge in [-0.2, -0.15) is 4.98 Å². The lowest BCUT2D eigenvalue weighted by Crippen LogP contribution is -2.39. The number of aromatic hydroxyl groups is 7. The quantitative estimate of drug-likeness (QED) is 0.0433. The Balaban J connectivity index is 1.35. The number of nitrogens with zero attached hydrogens (tertiary/aromatic N) is 4. The van der Waals surface area contributed by atoms with Crippen LogP contribution in [0.25, 0.3) is 0 Å². The molecule has 0 fully saturated rings. The standard InChI is InChI=1S/C32H37N5O14/c33-1-3-46-5-7-48-8-6-47-4-2-37-15-19(35-36-37)16-49-30-27-21(39)13-20(38)14-24(27)50-29(17-9-22(40)28(44)23(41)10-17)31(30)51-32(45)18-11-25(42)34-26(43)12-18/h9-15,29-31,38-41,44H,1-8,16,33H2,(H2,34,42,43). The molecule has 3 unspecified atom stereocenters. The van der Waals surface area contributed by atoms with E-state index in [1.165, 1.54) is 10.7 Å². The Morgan fingerprint density at radius 2 is 1.47 bits per heavy atom. The number of carbonyl (C=O) groups excluding carboxylic acids is 1. The number of carbonyl (C=O) groups is 1. The monoisotopic (exact) mass is 715 g/mol. The van der Waals surface area contributed by atoms with Crippen molar-refractivity contribution in [1.82, 2.24) is 20.0 Å². The fraction of sp³-hybridized carbons (Fsp3) is 0.375. The van der Waals surface area contributed by atoms with Crippen molar-refractivity contribution in [2.75, 3.05) is 46.2 Å². The van der Waals surface area contributed by atoms with E-state index >= 15 is 0 Å². The second kappa shape index (κ2) is 16.9. The third kappa shape index (κ3) is 9.35. The van der Waals surface area contributed by atoms with Crippen LogP contribution >= 0.6 is 0 Å². The van der Waals surface area contributed by atoms with Gasteiger partial charge in [-0.25, -0.2) is 9.48 Å². The highest BCUT2D eigenvalue weighted by atomic mass is 16.6. The number of ether oxygens (including phenoxy) is 6. The summed E-state index contributed by atoms with van der Waals surface area (Å²) < 4.78 is 35.8. The molecule has 0 saturated heterocycles. The minimum Gasteiger partial charge on any atom is -0.508 e. The van der Waals surface area contributed by atoms with Crippen LogP contribution in [0.1, 0.15) is 39.4 Å². The van der Waals surface area contributed by atoms with Crippen molar-refractivity contribution in [3.63, 3.8) is 0 Å². The highest BCUT2D eigenvalue weighted by Crippen LogP contribution is 2.51. The van der Waals surface area contributed by atoms with E-state index in [0.717, 1.165) is 30.3 Å². The third-order valence-corrected chi connectivity index (χ3v) is 7.41. The van der Waals surface area contributed by atoms with Gasteiger partial charge in [0.1, 0.15) is 29.0 Å². The van der Waals surface area contributed by atoms with Crippen LogP contribution < -0.4 is 10.5 Å². The highest BCUT2D eigenvalue weighted by Gasteiger charge is 2.45. The van der Waals surface area contributed by atoms with E-state index < -0.39 is 59.0 Å². The molecule has 0 radical (unpaired) electrons. The molecule has 0 bridgehead atoms. The smallest absolute Gasteiger partial charge is 0.339 e. The molecule has 3 atom stereocenters. The zero-order chi connectivity index (χ0) is 36.5. The summed E-state index contributed by atoms with van der Waals surface area (Å²) in [5, 5.41) is 79.6. The number of fused-ring (bicyclic) bond motifs is 1. The van der Waals surface area contributed by atoms with Crippen molar-refractivity contribution in [2.24, 2.45) is 5.73 Å². The van der Waals surface area contributed by atoms with Crippen molar-refractivity contribution < 1.29 is 69.0 Å². The van der Waals surface area contributed by atoms with Gasteiger partial charge in [-0.3, -0.25) is 0 Å². The highest BCUT2D eigenvalue weighted by molar-refractivity contribution is 5.90. The predicted octanol–water partition coefficient (Wildman–Crippen LogP) is 1.24. The van der Waals surface area contributed by atoms with Gasteiger partial charge in [0.15, 0.2) is 29.5 Å². The van der Waals surface area contributed by atoms with E-state index in [4.69, 9.17) is 34.2 Å². The molecule has 0 saturated carbocycles. The summed E-state index contributed by atoms with van der Waals surface area (Å²) in [4.78, 5) is 16.8. The summed E-state index contributed by atoms with van der Waals surface area (Å²) >= 11 is 0. The Kier molecular flexibility index (Phi) is 12.1. The van der Waals surface area contributed by atoms with Gasteiger partial charge in [0.05, 0.1) is 70.1 Å². The van der Waals surface area contributed by atoms with Crippen molar-refractivity contribution in [3.05, 3.63) is 65.0 Å². The van der Waals surface area contributed by atoms with Gasteiger partial charge in [0.25, 0.3) is 0 Å². The largest absolute Gasteiger partial charge is 0.508 e. The molecule has 2 aromatic heterocycles. The first-order valence-electron chi connectivity index (χ1n) is 15.6. The Bertz CT molecular complexity index is 1760. The van der Waals surface area contributed by atoms with E-state index in [0.29, 0.717) is 58.4 Å². The fourth-order valence-electron chi connectivity index (χ4n) is 5.14. The third-order valence-electron chi connectivity index (χ3n) is 7.41. The molecule has 274 valence electrons. The van der Waals surface area contributed by atoms with Crippen LogP contribution in [0.15, 0.2) is 42.6 Å². The number of hydrogen-bond donors (Lipinski definition) is 8. The summed E-state index contributed by atoms with van der Waals surface area (Å²) in [6.45, 7) is 2.88. The van der Waals surface area contributed by atoms with Gasteiger partial charge in [-0.1, -0.05) is 5.21 Å². The summed E-state index contributed by atoms with van der Waals surface area (Å²) in [7, 11) is 0. The van der Waals surface area contributed by atoms with Gasteiger partial charge in [0, 0.05) is 36.4 Å². The Morgan fingerprint density at radius 3 is 2.14 bits per heavy atom.